The van der Waals surface area contributed by atoms with E-state index in [1.807, 2.05) is 0 Å². The third kappa shape index (κ3) is 1.41. The van der Waals surface area contributed by atoms with Crippen LogP contribution in [0.25, 0.3) is 0 Å². The van der Waals surface area contributed by atoms with Crippen LogP contribution < -0.4 is 0 Å². The van der Waals surface area contributed by atoms with Gasteiger partial charge in [0.15, 0.2) is 0 Å². The molecule has 1 heterocycles. The molecule has 4 atom stereocenters. The van der Waals surface area contributed by atoms with Crippen LogP contribution in [0.15, 0.2) is 24.3 Å². The molecule has 0 radical (unpaired) electrons. The Bertz CT molecular complexity index is 371. The van der Waals surface area contributed by atoms with Crippen molar-refractivity contribution in [1.82, 2.24) is 0 Å². The van der Waals surface area contributed by atoms with Crippen LogP contribution >= 0.6 is 0 Å². The van der Waals surface area contributed by atoms with Crippen molar-refractivity contribution in [3.05, 3.63) is 35.4 Å². The van der Waals surface area contributed by atoms with E-state index in [9.17, 15) is 0 Å². The molecule has 2 aliphatic rings. The third-order valence-electron chi connectivity index (χ3n) is 4.06. The summed E-state index contributed by atoms with van der Waals surface area (Å²) in [4.78, 5) is 0. The van der Waals surface area contributed by atoms with Gasteiger partial charge in [-0.05, 0) is 49.7 Å². The number of hydrogen-bond acceptors (Lipinski definition) is 1. The lowest BCUT2D eigenvalue weighted by Gasteiger charge is -2.36. The molecule has 1 aliphatic heterocycles. The van der Waals surface area contributed by atoms with E-state index >= 15 is 0 Å². The molecule has 3 rings (SSSR count). The van der Waals surface area contributed by atoms with Crippen LogP contribution in [0, 0.1) is 5.92 Å². The molecule has 0 saturated carbocycles. The van der Waals surface area contributed by atoms with Gasteiger partial charge in [0.25, 0.3) is 0 Å². The molecule has 0 unspecified atom stereocenters. The van der Waals surface area contributed by atoms with Crippen molar-refractivity contribution in [1.29, 1.82) is 0 Å². The van der Waals surface area contributed by atoms with Gasteiger partial charge in [-0.1, -0.05) is 24.3 Å². The Kier molecular flexibility index (Phi) is 2.10. The minimum absolute atomic E-state index is 0.422. The van der Waals surface area contributed by atoms with Crippen molar-refractivity contribution in [2.24, 2.45) is 5.92 Å². The highest BCUT2D eigenvalue weighted by atomic mass is 16.5. The minimum atomic E-state index is 0.422. The van der Waals surface area contributed by atoms with Gasteiger partial charge in [0.05, 0.1) is 12.2 Å². The fourth-order valence-corrected chi connectivity index (χ4v) is 3.38. The molecule has 1 saturated heterocycles. The van der Waals surface area contributed by atoms with Crippen LogP contribution in [0.2, 0.25) is 0 Å². The van der Waals surface area contributed by atoms with Gasteiger partial charge in [-0.2, -0.15) is 0 Å². The van der Waals surface area contributed by atoms with Crippen molar-refractivity contribution in [3.8, 4) is 0 Å². The molecule has 15 heavy (non-hydrogen) atoms. The second kappa shape index (κ2) is 3.34. The highest BCUT2D eigenvalue weighted by Crippen LogP contribution is 2.46. The van der Waals surface area contributed by atoms with Crippen molar-refractivity contribution < 1.29 is 4.74 Å². The zero-order chi connectivity index (χ0) is 10.4. The van der Waals surface area contributed by atoms with Crippen LogP contribution in [-0.2, 0) is 11.2 Å². The zero-order valence-corrected chi connectivity index (χ0v) is 9.44. The molecule has 1 nitrogen and oxygen atoms in total. The summed E-state index contributed by atoms with van der Waals surface area (Å²) in [6.07, 6.45) is 3.26. The molecule has 1 fully saturated rings. The zero-order valence-electron chi connectivity index (χ0n) is 9.44. The highest BCUT2D eigenvalue weighted by Gasteiger charge is 2.40. The number of ether oxygens (including phenoxy) is 1. The van der Waals surface area contributed by atoms with E-state index < -0.39 is 0 Å². The maximum Gasteiger partial charge on any atom is 0.0587 e. The summed E-state index contributed by atoms with van der Waals surface area (Å²) in [6, 6.07) is 8.92. The van der Waals surface area contributed by atoms with Gasteiger partial charge >= 0.3 is 0 Å². The van der Waals surface area contributed by atoms with Crippen LogP contribution in [-0.4, -0.2) is 12.2 Å². The van der Waals surface area contributed by atoms with E-state index in [0.29, 0.717) is 12.2 Å². The molecule has 0 N–H and O–H groups in total. The Balaban J connectivity index is 1.98. The van der Waals surface area contributed by atoms with Crippen molar-refractivity contribution in [3.63, 3.8) is 0 Å². The largest absolute Gasteiger partial charge is 0.375 e. The molecule has 0 aromatic heterocycles. The molecule has 80 valence electrons. The second-order valence-electron chi connectivity index (χ2n) is 5.06. The number of fused-ring (bicyclic) bond motifs is 3. The summed E-state index contributed by atoms with van der Waals surface area (Å²) in [5, 5.41) is 0. The van der Waals surface area contributed by atoms with E-state index in [0.717, 1.165) is 11.8 Å². The summed E-state index contributed by atoms with van der Waals surface area (Å²) in [5.74, 6) is 1.47. The van der Waals surface area contributed by atoms with Gasteiger partial charge in [-0.25, -0.2) is 0 Å². The van der Waals surface area contributed by atoms with Gasteiger partial charge in [-0.3, -0.25) is 0 Å². The Morgan fingerprint density at radius 3 is 2.87 bits per heavy atom. The molecular weight excluding hydrogens is 184 g/mol. The van der Waals surface area contributed by atoms with Crippen LogP contribution in [0.5, 0.6) is 0 Å². The summed E-state index contributed by atoms with van der Waals surface area (Å²) in [7, 11) is 0. The molecule has 0 spiro atoms. The van der Waals surface area contributed by atoms with Crippen molar-refractivity contribution in [2.75, 3.05) is 0 Å². The molecular formula is C14H18O. The van der Waals surface area contributed by atoms with Crippen LogP contribution in [0.3, 0.4) is 0 Å². The summed E-state index contributed by atoms with van der Waals surface area (Å²) >= 11 is 0. The first-order chi connectivity index (χ1) is 7.25. The Morgan fingerprint density at radius 2 is 2.00 bits per heavy atom. The minimum Gasteiger partial charge on any atom is -0.375 e. The lowest BCUT2D eigenvalue weighted by Crippen LogP contribution is -2.35. The lowest BCUT2D eigenvalue weighted by atomic mass is 9.82. The summed E-state index contributed by atoms with van der Waals surface area (Å²) in [6.45, 7) is 4.44. The third-order valence-corrected chi connectivity index (χ3v) is 4.06. The molecule has 1 aromatic carbocycles. The SMILES string of the molecule is C[C@H]1C[C@H]2c3ccccc3C[C@H]2[C@@H](C)O1. The predicted molar refractivity (Wildman–Crippen MR) is 61.0 cm³/mol. The number of benzene rings is 1. The van der Waals surface area contributed by atoms with Crippen molar-refractivity contribution in [2.45, 2.75) is 44.8 Å². The number of hydrogen-bond donors (Lipinski definition) is 0. The first-order valence-corrected chi connectivity index (χ1v) is 5.99. The molecule has 1 aromatic rings. The standard InChI is InChI=1S/C14H18O/c1-9-7-14-12-6-4-3-5-11(12)8-13(14)10(2)15-9/h3-6,9-10,13-14H,7-8H2,1-2H3/t9-,10+,13-,14-/m0/s1. The second-order valence-corrected chi connectivity index (χ2v) is 5.06. The normalized spacial score (nSPS) is 38.5. The maximum atomic E-state index is 5.93. The van der Waals surface area contributed by atoms with Gasteiger partial charge in [-0.15, -0.1) is 0 Å². The quantitative estimate of drug-likeness (QED) is 0.628. The maximum absolute atomic E-state index is 5.93. The first kappa shape index (κ1) is 9.41. The first-order valence-electron chi connectivity index (χ1n) is 5.99. The van der Waals surface area contributed by atoms with Gasteiger partial charge < -0.3 is 4.74 Å². The summed E-state index contributed by atoms with van der Waals surface area (Å²) in [5.41, 5.74) is 3.14. The van der Waals surface area contributed by atoms with E-state index in [2.05, 4.69) is 38.1 Å². The predicted octanol–water partition coefficient (Wildman–Crippen LogP) is 3.14. The lowest BCUT2D eigenvalue weighted by molar-refractivity contribution is -0.0706. The van der Waals surface area contributed by atoms with Crippen molar-refractivity contribution >= 4 is 0 Å². The average Bonchev–Trinajstić information content (AvgIpc) is 2.57. The fraction of sp³-hybridized carbons (Fsp3) is 0.571. The van der Waals surface area contributed by atoms with Gasteiger partial charge in [0, 0.05) is 0 Å². The Morgan fingerprint density at radius 1 is 1.20 bits per heavy atom. The van der Waals surface area contributed by atoms with Crippen LogP contribution in [0.4, 0.5) is 0 Å². The topological polar surface area (TPSA) is 9.23 Å². The van der Waals surface area contributed by atoms with E-state index in [4.69, 9.17) is 4.74 Å². The molecule has 0 amide bonds. The highest BCUT2D eigenvalue weighted by molar-refractivity contribution is 5.37. The van der Waals surface area contributed by atoms with E-state index in [1.165, 1.54) is 12.8 Å². The van der Waals surface area contributed by atoms with E-state index in [-0.39, 0.29) is 0 Å². The number of rotatable bonds is 0. The molecule has 1 heteroatoms. The molecule has 0 bridgehead atoms. The van der Waals surface area contributed by atoms with Gasteiger partial charge in [0.1, 0.15) is 0 Å². The monoisotopic (exact) mass is 202 g/mol. The summed E-state index contributed by atoms with van der Waals surface area (Å²) < 4.78 is 5.93. The van der Waals surface area contributed by atoms with Crippen LogP contribution in [0.1, 0.15) is 37.3 Å². The Hall–Kier alpha value is -0.820. The van der Waals surface area contributed by atoms with Gasteiger partial charge in [0.2, 0.25) is 0 Å². The molecule has 1 aliphatic carbocycles. The average molecular weight is 202 g/mol. The Labute approximate surface area is 91.5 Å². The smallest absolute Gasteiger partial charge is 0.0587 e. The fourth-order valence-electron chi connectivity index (χ4n) is 3.38. The van der Waals surface area contributed by atoms with E-state index in [1.54, 1.807) is 11.1 Å².